The number of carbonyl (C=O) groups excluding carboxylic acids is 1. The molecule has 1 fully saturated rings. The molecule has 0 aromatic heterocycles. The largest absolute Gasteiger partial charge is 0.468 e. The summed E-state index contributed by atoms with van der Waals surface area (Å²) in [5.74, 6) is -0.389. The highest BCUT2D eigenvalue weighted by atomic mass is 35.5. The van der Waals surface area contributed by atoms with Crippen molar-refractivity contribution in [3.63, 3.8) is 0 Å². The lowest BCUT2D eigenvalue weighted by Crippen LogP contribution is -2.23. The quantitative estimate of drug-likeness (QED) is 0.311. The molecule has 2 aromatic carbocycles. The van der Waals surface area contributed by atoms with Crippen molar-refractivity contribution in [3.8, 4) is 0 Å². The number of hydrogen-bond donors (Lipinski definition) is 0. The number of allylic oxidation sites excluding steroid dienone is 1. The fourth-order valence-corrected chi connectivity index (χ4v) is 4.08. The topological polar surface area (TPSA) is 69.4 Å². The Kier molecular flexibility index (Phi) is 5.07. The average Bonchev–Trinajstić information content (AvgIpc) is 3.32. The number of ether oxygens (including phenoxy) is 1. The first kappa shape index (κ1) is 19.1. The predicted octanol–water partition coefficient (Wildman–Crippen LogP) is 5.08. The fraction of sp³-hybridized carbons (Fsp3) is 0.286. The number of nitrogens with zero attached hydrogens (tertiary/aromatic N) is 1. The molecule has 1 aliphatic rings. The molecule has 0 aliphatic heterocycles. The molecule has 0 N–H and O–H groups in total. The predicted molar refractivity (Wildman–Crippen MR) is 104 cm³/mol. The zero-order chi connectivity index (χ0) is 19.8. The molecule has 3 rings (SSSR count). The Morgan fingerprint density at radius 1 is 1.15 bits per heavy atom. The van der Waals surface area contributed by atoms with E-state index >= 15 is 0 Å². The van der Waals surface area contributed by atoms with Gasteiger partial charge < -0.3 is 4.74 Å². The third-order valence-corrected chi connectivity index (χ3v) is 5.35. The Morgan fingerprint density at radius 3 is 2.22 bits per heavy atom. The van der Waals surface area contributed by atoms with E-state index in [-0.39, 0.29) is 17.6 Å². The molecule has 0 unspecified atom stereocenters. The van der Waals surface area contributed by atoms with Crippen LogP contribution in [0.3, 0.4) is 0 Å². The van der Waals surface area contributed by atoms with E-state index in [4.69, 9.17) is 16.3 Å². The van der Waals surface area contributed by atoms with E-state index in [0.29, 0.717) is 11.4 Å². The molecular weight excluding hydrogens is 366 g/mol. The van der Waals surface area contributed by atoms with Crippen molar-refractivity contribution < 1.29 is 14.5 Å². The standard InChI is InChI=1S/C21H20ClNO4/c1-13(2)18-19(15-6-8-16(22)9-7-15)21(18,20(24)27-3)12-14-4-10-17(11-5-14)23(25)26/h4-11,19H,12H2,1-3H3/t19-,21+/m0/s1. The van der Waals surface area contributed by atoms with Gasteiger partial charge in [0.15, 0.2) is 0 Å². The minimum absolute atomic E-state index is 0.0263. The molecule has 6 heteroatoms. The normalized spacial score (nSPS) is 20.9. The molecule has 27 heavy (non-hydrogen) atoms. The maximum absolute atomic E-state index is 12.9. The summed E-state index contributed by atoms with van der Waals surface area (Å²) in [6, 6.07) is 13.8. The molecule has 1 aliphatic carbocycles. The van der Waals surface area contributed by atoms with Gasteiger partial charge in [-0.1, -0.05) is 41.4 Å². The van der Waals surface area contributed by atoms with Gasteiger partial charge in [-0.25, -0.2) is 0 Å². The van der Waals surface area contributed by atoms with Gasteiger partial charge in [0.05, 0.1) is 12.0 Å². The Labute approximate surface area is 162 Å². The van der Waals surface area contributed by atoms with Gasteiger partial charge in [-0.3, -0.25) is 14.9 Å². The van der Waals surface area contributed by atoms with Crippen molar-refractivity contribution in [2.75, 3.05) is 7.11 Å². The zero-order valence-electron chi connectivity index (χ0n) is 15.4. The van der Waals surface area contributed by atoms with E-state index in [1.165, 1.54) is 19.2 Å². The van der Waals surface area contributed by atoms with E-state index < -0.39 is 10.3 Å². The molecule has 0 radical (unpaired) electrons. The third kappa shape index (κ3) is 3.35. The van der Waals surface area contributed by atoms with Crippen molar-refractivity contribution >= 4 is 23.3 Å². The number of nitro benzene ring substituents is 1. The minimum atomic E-state index is -0.794. The van der Waals surface area contributed by atoms with Crippen LogP contribution in [0.5, 0.6) is 0 Å². The van der Waals surface area contributed by atoms with Gasteiger partial charge in [0.1, 0.15) is 5.41 Å². The highest BCUT2D eigenvalue weighted by Crippen LogP contribution is 2.68. The Hall–Kier alpha value is -2.66. The summed E-state index contributed by atoms with van der Waals surface area (Å²) < 4.78 is 5.16. The summed E-state index contributed by atoms with van der Waals surface area (Å²) in [7, 11) is 1.39. The summed E-state index contributed by atoms with van der Waals surface area (Å²) >= 11 is 6.01. The zero-order valence-corrected chi connectivity index (χ0v) is 16.1. The van der Waals surface area contributed by atoms with Crippen molar-refractivity contribution in [1.29, 1.82) is 0 Å². The molecule has 0 bridgehead atoms. The van der Waals surface area contributed by atoms with Crippen LogP contribution in [0.2, 0.25) is 5.02 Å². The second-order valence-electron chi connectivity index (χ2n) is 6.96. The lowest BCUT2D eigenvalue weighted by atomic mass is 9.90. The first-order chi connectivity index (χ1) is 12.8. The molecule has 0 amide bonds. The van der Waals surface area contributed by atoms with Crippen molar-refractivity contribution in [3.05, 3.63) is 85.9 Å². The van der Waals surface area contributed by atoms with Crippen LogP contribution < -0.4 is 0 Å². The van der Waals surface area contributed by atoms with Gasteiger partial charge in [0.2, 0.25) is 0 Å². The lowest BCUT2D eigenvalue weighted by Gasteiger charge is -2.15. The number of hydrogen-bond acceptors (Lipinski definition) is 4. The lowest BCUT2D eigenvalue weighted by molar-refractivity contribution is -0.384. The van der Waals surface area contributed by atoms with Crippen molar-refractivity contribution in [2.45, 2.75) is 26.2 Å². The highest BCUT2D eigenvalue weighted by molar-refractivity contribution is 6.30. The maximum atomic E-state index is 12.9. The SMILES string of the molecule is COC(=O)[C@]1(Cc2ccc([N+](=O)[O-])cc2)C(=C(C)C)[C@@H]1c1ccc(Cl)cc1. The molecule has 140 valence electrons. The summed E-state index contributed by atoms with van der Waals surface area (Å²) in [6.45, 7) is 3.97. The second kappa shape index (κ2) is 7.16. The van der Waals surface area contributed by atoms with Gasteiger partial charge in [-0.15, -0.1) is 0 Å². The third-order valence-electron chi connectivity index (χ3n) is 5.10. The number of halogens is 1. The van der Waals surface area contributed by atoms with Gasteiger partial charge in [0.25, 0.3) is 5.69 Å². The molecule has 2 atom stereocenters. The molecule has 5 nitrogen and oxygen atoms in total. The molecule has 1 saturated carbocycles. The smallest absolute Gasteiger partial charge is 0.317 e. The minimum Gasteiger partial charge on any atom is -0.468 e. The number of carbonyl (C=O) groups is 1. The average molecular weight is 386 g/mol. The van der Waals surface area contributed by atoms with E-state index in [1.54, 1.807) is 12.1 Å². The maximum Gasteiger partial charge on any atom is 0.317 e. The first-order valence-electron chi connectivity index (χ1n) is 8.56. The Balaban J connectivity index is 2.04. The summed E-state index contributed by atoms with van der Waals surface area (Å²) in [5, 5.41) is 11.5. The van der Waals surface area contributed by atoms with E-state index in [9.17, 15) is 14.9 Å². The van der Waals surface area contributed by atoms with Gasteiger partial charge >= 0.3 is 5.97 Å². The first-order valence-corrected chi connectivity index (χ1v) is 8.94. The summed E-state index contributed by atoms with van der Waals surface area (Å²) in [4.78, 5) is 23.3. The van der Waals surface area contributed by atoms with Crippen LogP contribution in [0.15, 0.2) is 59.7 Å². The van der Waals surface area contributed by atoms with Crippen LogP contribution in [0, 0.1) is 15.5 Å². The van der Waals surface area contributed by atoms with E-state index in [2.05, 4.69) is 0 Å². The molecule has 0 spiro atoms. The van der Waals surface area contributed by atoms with E-state index in [1.807, 2.05) is 38.1 Å². The summed E-state index contributed by atoms with van der Waals surface area (Å²) in [5.41, 5.74) is 3.19. The van der Waals surface area contributed by atoms with Gasteiger partial charge in [-0.2, -0.15) is 0 Å². The fourth-order valence-electron chi connectivity index (χ4n) is 3.95. The van der Waals surface area contributed by atoms with Crippen LogP contribution in [-0.2, 0) is 16.0 Å². The number of methoxy groups -OCH3 is 1. The van der Waals surface area contributed by atoms with E-state index in [0.717, 1.165) is 22.3 Å². The van der Waals surface area contributed by atoms with Crippen LogP contribution in [0.4, 0.5) is 5.69 Å². The Morgan fingerprint density at radius 2 is 1.74 bits per heavy atom. The number of nitro groups is 1. The number of esters is 1. The van der Waals surface area contributed by atoms with Crippen molar-refractivity contribution in [2.24, 2.45) is 5.41 Å². The molecule has 0 heterocycles. The monoisotopic (exact) mass is 385 g/mol. The van der Waals surface area contributed by atoms with Crippen LogP contribution in [0.25, 0.3) is 0 Å². The van der Waals surface area contributed by atoms with Gasteiger partial charge in [0, 0.05) is 23.1 Å². The number of benzene rings is 2. The van der Waals surface area contributed by atoms with Crippen LogP contribution >= 0.6 is 11.6 Å². The van der Waals surface area contributed by atoms with Gasteiger partial charge in [-0.05, 0) is 49.1 Å². The summed E-state index contributed by atoms with van der Waals surface area (Å²) in [6.07, 6.45) is 0.422. The van der Waals surface area contributed by atoms with Crippen molar-refractivity contribution in [1.82, 2.24) is 0 Å². The van der Waals surface area contributed by atoms with Crippen LogP contribution in [0.1, 0.15) is 30.9 Å². The molecule has 2 aromatic rings. The number of non-ortho nitro benzene ring substituents is 1. The number of rotatable bonds is 5. The van der Waals surface area contributed by atoms with Crippen LogP contribution in [-0.4, -0.2) is 18.0 Å². The molecule has 0 saturated heterocycles. The second-order valence-corrected chi connectivity index (χ2v) is 7.40. The molecular formula is C21H20ClNO4. The Bertz CT molecular complexity index is 914. The highest BCUT2D eigenvalue weighted by Gasteiger charge is 2.66.